The van der Waals surface area contributed by atoms with Crippen molar-refractivity contribution >= 4 is 11.7 Å². The van der Waals surface area contributed by atoms with Crippen LogP contribution in [0.15, 0.2) is 54.6 Å². The van der Waals surface area contributed by atoms with Gasteiger partial charge in [0.2, 0.25) is 0 Å². The van der Waals surface area contributed by atoms with Crippen LogP contribution in [0.2, 0.25) is 0 Å². The average Bonchev–Trinajstić information content (AvgIpc) is 2.67. The van der Waals surface area contributed by atoms with E-state index in [-0.39, 0.29) is 18.6 Å². The lowest BCUT2D eigenvalue weighted by Gasteiger charge is -2.31. The maximum absolute atomic E-state index is 12.4. The fraction of sp³-hybridized carbons (Fsp3) is 0.350. The van der Waals surface area contributed by atoms with Crippen LogP contribution in [0.1, 0.15) is 18.4 Å². The molecule has 25 heavy (non-hydrogen) atoms. The van der Waals surface area contributed by atoms with Crippen LogP contribution >= 0.6 is 0 Å². The Morgan fingerprint density at radius 2 is 2.04 bits per heavy atom. The van der Waals surface area contributed by atoms with Crippen molar-refractivity contribution in [3.63, 3.8) is 0 Å². The monoisotopic (exact) mass is 340 g/mol. The summed E-state index contributed by atoms with van der Waals surface area (Å²) in [7, 11) is 0. The lowest BCUT2D eigenvalue weighted by Crippen LogP contribution is -2.43. The van der Waals surface area contributed by atoms with Crippen molar-refractivity contribution in [1.82, 2.24) is 4.90 Å². The Hall–Kier alpha value is -2.53. The van der Waals surface area contributed by atoms with Crippen molar-refractivity contribution in [2.24, 2.45) is 5.92 Å². The molecule has 1 atom stereocenters. The summed E-state index contributed by atoms with van der Waals surface area (Å²) >= 11 is 0. The summed E-state index contributed by atoms with van der Waals surface area (Å²) in [5.41, 5.74) is 1.81. The van der Waals surface area contributed by atoms with E-state index < -0.39 is 0 Å². The Labute approximate surface area is 148 Å². The maximum Gasteiger partial charge on any atom is 0.321 e. The molecule has 3 rings (SSSR count). The number of benzene rings is 2. The number of anilines is 1. The second-order valence-electron chi connectivity index (χ2n) is 6.37. The number of carbonyl (C=O) groups is 1. The number of rotatable bonds is 5. The van der Waals surface area contributed by atoms with Gasteiger partial charge in [0, 0.05) is 31.5 Å². The molecular formula is C20H24N2O3. The standard InChI is InChI=1S/C20H24N2O3/c23-14-17-8-5-11-22(13-17)20(24)21-18-9-4-10-19(12-18)25-15-16-6-2-1-3-7-16/h1-4,6-7,9-10,12,17,23H,5,8,11,13-15H2,(H,21,24). The van der Waals surface area contributed by atoms with Crippen LogP contribution in [0, 0.1) is 5.92 Å². The number of carbonyl (C=O) groups excluding carboxylic acids is 1. The van der Waals surface area contributed by atoms with Crippen molar-refractivity contribution in [2.45, 2.75) is 19.4 Å². The molecule has 0 radical (unpaired) electrons. The molecular weight excluding hydrogens is 316 g/mol. The molecule has 2 amide bonds. The van der Waals surface area contributed by atoms with E-state index in [1.54, 1.807) is 4.90 Å². The van der Waals surface area contributed by atoms with Crippen LogP contribution < -0.4 is 10.1 Å². The topological polar surface area (TPSA) is 61.8 Å². The molecule has 1 heterocycles. The fourth-order valence-electron chi connectivity index (χ4n) is 3.01. The third-order valence-electron chi connectivity index (χ3n) is 4.40. The van der Waals surface area contributed by atoms with Crippen molar-refractivity contribution in [3.05, 3.63) is 60.2 Å². The normalized spacial score (nSPS) is 17.2. The Bertz CT molecular complexity index is 690. The summed E-state index contributed by atoms with van der Waals surface area (Å²) in [5, 5.41) is 12.2. The molecule has 1 unspecified atom stereocenters. The molecule has 1 saturated heterocycles. The molecule has 1 aliphatic rings. The molecule has 5 heteroatoms. The Balaban J connectivity index is 1.56. The zero-order chi connectivity index (χ0) is 17.5. The lowest BCUT2D eigenvalue weighted by molar-refractivity contribution is 0.136. The van der Waals surface area contributed by atoms with Crippen molar-refractivity contribution in [1.29, 1.82) is 0 Å². The van der Waals surface area contributed by atoms with Gasteiger partial charge in [-0.2, -0.15) is 0 Å². The van der Waals surface area contributed by atoms with Crippen molar-refractivity contribution in [3.8, 4) is 5.75 Å². The molecule has 2 N–H and O–H groups in total. The maximum atomic E-state index is 12.4. The molecule has 1 fully saturated rings. The van der Waals surface area contributed by atoms with Gasteiger partial charge in [-0.25, -0.2) is 4.79 Å². The Kier molecular flexibility index (Phi) is 5.90. The first-order valence-corrected chi connectivity index (χ1v) is 8.68. The number of urea groups is 1. The van der Waals surface area contributed by atoms with Crippen molar-refractivity contribution < 1.29 is 14.6 Å². The molecule has 0 aromatic heterocycles. The highest BCUT2D eigenvalue weighted by Crippen LogP contribution is 2.21. The van der Waals surface area contributed by atoms with Crippen LogP contribution in [-0.4, -0.2) is 35.7 Å². The number of piperidine rings is 1. The van der Waals surface area contributed by atoms with E-state index >= 15 is 0 Å². The number of nitrogens with one attached hydrogen (secondary N) is 1. The van der Waals surface area contributed by atoms with Gasteiger partial charge < -0.3 is 20.1 Å². The first-order valence-electron chi connectivity index (χ1n) is 8.68. The van der Waals surface area contributed by atoms with Gasteiger partial charge in [0.05, 0.1) is 0 Å². The third-order valence-corrected chi connectivity index (χ3v) is 4.40. The molecule has 0 saturated carbocycles. The van der Waals surface area contributed by atoms with Gasteiger partial charge in [0.25, 0.3) is 0 Å². The quantitative estimate of drug-likeness (QED) is 0.876. The number of aliphatic hydroxyl groups excluding tert-OH is 1. The second kappa shape index (κ2) is 8.53. The first kappa shape index (κ1) is 17.3. The van der Waals surface area contributed by atoms with Gasteiger partial charge in [0.15, 0.2) is 0 Å². The first-order chi connectivity index (χ1) is 12.2. The van der Waals surface area contributed by atoms with Gasteiger partial charge in [-0.05, 0) is 36.5 Å². The zero-order valence-corrected chi connectivity index (χ0v) is 14.2. The van der Waals surface area contributed by atoms with Gasteiger partial charge >= 0.3 is 6.03 Å². The average molecular weight is 340 g/mol. The van der Waals surface area contributed by atoms with Gasteiger partial charge in [-0.15, -0.1) is 0 Å². The predicted molar refractivity (Wildman–Crippen MR) is 97.6 cm³/mol. The Morgan fingerprint density at radius 3 is 2.84 bits per heavy atom. The van der Waals surface area contributed by atoms with E-state index in [0.29, 0.717) is 24.6 Å². The number of aliphatic hydroxyl groups is 1. The lowest BCUT2D eigenvalue weighted by atomic mass is 9.99. The number of ether oxygens (including phenoxy) is 1. The summed E-state index contributed by atoms with van der Waals surface area (Å²) in [6.07, 6.45) is 1.90. The van der Waals surface area contributed by atoms with E-state index in [1.165, 1.54) is 0 Å². The van der Waals surface area contributed by atoms with Gasteiger partial charge in [-0.3, -0.25) is 0 Å². The summed E-state index contributed by atoms with van der Waals surface area (Å²) in [5.74, 6) is 0.897. The smallest absolute Gasteiger partial charge is 0.321 e. The van der Waals surface area contributed by atoms with Crippen LogP contribution in [0.3, 0.4) is 0 Å². The Morgan fingerprint density at radius 1 is 1.20 bits per heavy atom. The molecule has 2 aromatic carbocycles. The molecule has 1 aliphatic heterocycles. The number of amides is 2. The summed E-state index contributed by atoms with van der Waals surface area (Å²) in [6.45, 7) is 1.95. The van der Waals surface area contributed by atoms with Crippen LogP contribution in [0.5, 0.6) is 5.75 Å². The molecule has 5 nitrogen and oxygen atoms in total. The zero-order valence-electron chi connectivity index (χ0n) is 14.2. The van der Waals surface area contributed by atoms with E-state index in [4.69, 9.17) is 4.74 Å². The molecule has 0 aliphatic carbocycles. The molecule has 2 aromatic rings. The largest absolute Gasteiger partial charge is 0.489 e. The van der Waals surface area contributed by atoms with E-state index in [2.05, 4.69) is 5.32 Å². The highest BCUT2D eigenvalue weighted by molar-refractivity contribution is 5.89. The summed E-state index contributed by atoms with van der Waals surface area (Å²) < 4.78 is 5.80. The summed E-state index contributed by atoms with van der Waals surface area (Å²) in [4.78, 5) is 14.2. The minimum Gasteiger partial charge on any atom is -0.489 e. The number of hydrogen-bond acceptors (Lipinski definition) is 3. The van der Waals surface area contributed by atoms with E-state index in [0.717, 1.165) is 24.9 Å². The molecule has 132 valence electrons. The predicted octanol–water partition coefficient (Wildman–Crippen LogP) is 3.50. The highest BCUT2D eigenvalue weighted by Gasteiger charge is 2.23. The van der Waals surface area contributed by atoms with Gasteiger partial charge in [-0.1, -0.05) is 36.4 Å². The van der Waals surface area contributed by atoms with Gasteiger partial charge in [0.1, 0.15) is 12.4 Å². The minimum atomic E-state index is -0.127. The summed E-state index contributed by atoms with van der Waals surface area (Å²) in [6, 6.07) is 17.2. The second-order valence-corrected chi connectivity index (χ2v) is 6.37. The number of hydrogen-bond donors (Lipinski definition) is 2. The fourth-order valence-corrected chi connectivity index (χ4v) is 3.01. The minimum absolute atomic E-state index is 0.127. The van der Waals surface area contributed by atoms with Crippen LogP contribution in [0.4, 0.5) is 10.5 Å². The van der Waals surface area contributed by atoms with E-state index in [9.17, 15) is 9.90 Å². The highest BCUT2D eigenvalue weighted by atomic mass is 16.5. The van der Waals surface area contributed by atoms with E-state index in [1.807, 2.05) is 54.6 Å². The SMILES string of the molecule is O=C(Nc1cccc(OCc2ccccc2)c1)N1CCCC(CO)C1. The molecule has 0 spiro atoms. The third kappa shape index (κ3) is 4.97. The van der Waals surface area contributed by atoms with Crippen LogP contribution in [-0.2, 0) is 6.61 Å². The number of likely N-dealkylation sites (tertiary alicyclic amines) is 1. The molecule has 0 bridgehead atoms. The van der Waals surface area contributed by atoms with Crippen LogP contribution in [0.25, 0.3) is 0 Å². The number of nitrogens with zero attached hydrogens (tertiary/aromatic N) is 1. The van der Waals surface area contributed by atoms with Crippen molar-refractivity contribution in [2.75, 3.05) is 25.0 Å².